The maximum atomic E-state index is 13.0. The second kappa shape index (κ2) is 9.95. The third kappa shape index (κ3) is 4.81. The maximum absolute atomic E-state index is 13.0. The first-order valence-corrected chi connectivity index (χ1v) is 13.6. The average Bonchev–Trinajstić information content (AvgIpc) is 2.89. The predicted octanol–water partition coefficient (Wildman–Crippen LogP) is 5.25. The molecule has 0 unspecified atom stereocenters. The van der Waals surface area contributed by atoms with E-state index in [2.05, 4.69) is 24.0 Å². The second-order valence-electron chi connectivity index (χ2n) is 11.4. The minimum absolute atomic E-state index is 0.0300. The highest BCUT2D eigenvalue weighted by Crippen LogP contribution is 2.46. The Morgan fingerprint density at radius 1 is 0.970 bits per heavy atom. The van der Waals surface area contributed by atoms with E-state index in [1.54, 1.807) is 0 Å². The summed E-state index contributed by atoms with van der Waals surface area (Å²) < 4.78 is 5.93. The number of likely N-dealkylation sites (tertiary alicyclic amines) is 2. The molecule has 2 heterocycles. The lowest BCUT2D eigenvalue weighted by Gasteiger charge is -2.46. The molecule has 1 aromatic carbocycles. The van der Waals surface area contributed by atoms with Crippen LogP contribution >= 0.6 is 0 Å². The van der Waals surface area contributed by atoms with Crippen LogP contribution in [0.3, 0.4) is 0 Å². The van der Waals surface area contributed by atoms with Crippen LogP contribution in [0.15, 0.2) is 18.2 Å². The van der Waals surface area contributed by atoms with Crippen molar-refractivity contribution in [1.82, 2.24) is 9.80 Å². The van der Waals surface area contributed by atoms with Gasteiger partial charge in [-0.3, -0.25) is 0 Å². The van der Waals surface area contributed by atoms with Gasteiger partial charge < -0.3 is 20.3 Å². The molecular formula is C28H43N3O2. The van der Waals surface area contributed by atoms with Crippen LogP contribution < -0.4 is 10.5 Å². The fraction of sp³-hybridized carbons (Fsp3) is 0.750. The summed E-state index contributed by atoms with van der Waals surface area (Å²) >= 11 is 0. The van der Waals surface area contributed by atoms with Crippen LogP contribution in [0.25, 0.3) is 0 Å². The van der Waals surface area contributed by atoms with Gasteiger partial charge in [0, 0.05) is 30.6 Å². The van der Waals surface area contributed by atoms with Gasteiger partial charge in [-0.1, -0.05) is 45.1 Å². The third-order valence-electron chi connectivity index (χ3n) is 9.28. The minimum atomic E-state index is -0.190. The Hall–Kier alpha value is -1.59. The van der Waals surface area contributed by atoms with Gasteiger partial charge in [-0.25, -0.2) is 4.79 Å². The van der Waals surface area contributed by atoms with E-state index >= 15 is 0 Å². The summed E-state index contributed by atoms with van der Waals surface area (Å²) in [5, 5.41) is 0. The molecule has 0 aromatic heterocycles. The van der Waals surface area contributed by atoms with Crippen molar-refractivity contribution in [3.05, 3.63) is 29.3 Å². The van der Waals surface area contributed by atoms with Gasteiger partial charge in [-0.2, -0.15) is 0 Å². The summed E-state index contributed by atoms with van der Waals surface area (Å²) in [6.45, 7) is 6.41. The quantitative estimate of drug-likeness (QED) is 0.665. The molecule has 1 aromatic rings. The Bertz CT molecular complexity index is 828. The Labute approximate surface area is 200 Å². The number of piperidine rings is 2. The van der Waals surface area contributed by atoms with E-state index in [9.17, 15) is 4.79 Å². The molecule has 182 valence electrons. The van der Waals surface area contributed by atoms with Crippen molar-refractivity contribution in [3.63, 3.8) is 0 Å². The molecule has 1 saturated carbocycles. The molecule has 0 radical (unpaired) electrons. The van der Waals surface area contributed by atoms with E-state index in [1.165, 1.54) is 75.6 Å². The molecule has 5 heteroatoms. The normalized spacial score (nSPS) is 31.8. The van der Waals surface area contributed by atoms with E-state index in [-0.39, 0.29) is 17.6 Å². The molecule has 2 N–H and O–H groups in total. The molecule has 4 aliphatic rings. The van der Waals surface area contributed by atoms with Crippen LogP contribution in [0.2, 0.25) is 0 Å². The van der Waals surface area contributed by atoms with E-state index in [1.807, 2.05) is 11.0 Å². The summed E-state index contributed by atoms with van der Waals surface area (Å²) in [5.74, 6) is 1.25. The van der Waals surface area contributed by atoms with E-state index < -0.39 is 0 Å². The molecule has 2 saturated heterocycles. The smallest absolute Gasteiger partial charge is 0.410 e. The molecule has 33 heavy (non-hydrogen) atoms. The Balaban J connectivity index is 1.25. The zero-order valence-electron chi connectivity index (χ0n) is 20.6. The lowest BCUT2D eigenvalue weighted by molar-refractivity contribution is 0.0878. The topological polar surface area (TPSA) is 58.8 Å². The van der Waals surface area contributed by atoms with E-state index in [4.69, 9.17) is 10.5 Å². The highest BCUT2D eigenvalue weighted by Gasteiger charge is 2.43. The number of carbonyl (C=O) groups excluding carboxylic acids is 1. The second-order valence-corrected chi connectivity index (χ2v) is 11.4. The van der Waals surface area contributed by atoms with Crippen LogP contribution in [0, 0.1) is 5.92 Å². The van der Waals surface area contributed by atoms with Crippen molar-refractivity contribution < 1.29 is 9.53 Å². The van der Waals surface area contributed by atoms with Gasteiger partial charge in [0.1, 0.15) is 5.75 Å². The molecule has 3 fully saturated rings. The monoisotopic (exact) mass is 453 g/mol. The number of rotatable bonds is 2. The van der Waals surface area contributed by atoms with Crippen molar-refractivity contribution in [2.24, 2.45) is 11.7 Å². The number of hydrogen-bond acceptors (Lipinski definition) is 4. The summed E-state index contributed by atoms with van der Waals surface area (Å²) in [7, 11) is 0. The number of amides is 1. The van der Waals surface area contributed by atoms with E-state index in [0.29, 0.717) is 17.7 Å². The van der Waals surface area contributed by atoms with Crippen molar-refractivity contribution >= 4 is 6.09 Å². The molecule has 5 nitrogen and oxygen atoms in total. The highest BCUT2D eigenvalue weighted by molar-refractivity contribution is 5.71. The lowest BCUT2D eigenvalue weighted by Crippen LogP contribution is -2.52. The molecular weight excluding hydrogens is 410 g/mol. The zero-order valence-corrected chi connectivity index (χ0v) is 20.6. The number of fused-ring (bicyclic) bond motifs is 4. The van der Waals surface area contributed by atoms with Gasteiger partial charge in [0.05, 0.1) is 0 Å². The first-order chi connectivity index (χ1) is 16.0. The summed E-state index contributed by atoms with van der Waals surface area (Å²) in [6, 6.07) is 7.17. The molecule has 0 spiro atoms. The van der Waals surface area contributed by atoms with Crippen LogP contribution in [0.1, 0.15) is 88.7 Å². The first-order valence-electron chi connectivity index (χ1n) is 13.6. The minimum Gasteiger partial charge on any atom is -0.410 e. The van der Waals surface area contributed by atoms with Crippen molar-refractivity contribution in [2.45, 2.75) is 101 Å². The number of nitrogens with zero attached hydrogens (tertiary/aromatic N) is 2. The molecule has 3 atom stereocenters. The molecule has 5 rings (SSSR count). The summed E-state index contributed by atoms with van der Waals surface area (Å²) in [4.78, 5) is 17.5. The zero-order chi connectivity index (χ0) is 22.8. The number of nitrogens with two attached hydrogens (primary N) is 1. The third-order valence-corrected chi connectivity index (χ3v) is 9.28. The van der Waals surface area contributed by atoms with Crippen molar-refractivity contribution in [1.29, 1.82) is 0 Å². The van der Waals surface area contributed by atoms with Crippen LogP contribution in [-0.4, -0.2) is 54.2 Å². The number of benzene rings is 1. The average molecular weight is 454 g/mol. The Morgan fingerprint density at radius 2 is 1.70 bits per heavy atom. The van der Waals surface area contributed by atoms with Gasteiger partial charge in [0.2, 0.25) is 0 Å². The van der Waals surface area contributed by atoms with Crippen LogP contribution in [0.4, 0.5) is 4.79 Å². The van der Waals surface area contributed by atoms with Gasteiger partial charge >= 0.3 is 6.09 Å². The maximum Gasteiger partial charge on any atom is 0.415 e. The number of ether oxygens (including phenoxy) is 1. The number of hydrogen-bond donors (Lipinski definition) is 1. The number of carbonyl (C=O) groups is 1. The fourth-order valence-corrected chi connectivity index (χ4v) is 7.14. The predicted molar refractivity (Wildman–Crippen MR) is 133 cm³/mol. The lowest BCUT2D eigenvalue weighted by atomic mass is 9.61. The fourth-order valence-electron chi connectivity index (χ4n) is 7.14. The van der Waals surface area contributed by atoms with E-state index in [0.717, 1.165) is 38.8 Å². The van der Waals surface area contributed by atoms with Gasteiger partial charge in [-0.15, -0.1) is 0 Å². The SMILES string of the molecule is C[C@@]12CCCCCC[C@@H](Cc3ccc(OC(=O)N4CCC(N5CCCCC5)CC4)cc31)[C@@H]2N. The first kappa shape index (κ1) is 23.2. The highest BCUT2D eigenvalue weighted by atomic mass is 16.6. The van der Waals surface area contributed by atoms with Crippen molar-refractivity contribution in [3.8, 4) is 5.75 Å². The molecule has 2 aliphatic heterocycles. The molecule has 1 amide bonds. The Kier molecular flexibility index (Phi) is 6.99. The standard InChI is InChI=1S/C28H43N3O2/c1-28-14-6-3-2-5-9-22(26(28)29)19-21-10-11-24(20-25(21)28)33-27(32)31-17-12-23(13-18-31)30-15-7-4-8-16-30/h10-11,20,22-23,26H,2-9,12-19,29H2,1H3/t22-,26-,28+/m0/s1. The van der Waals surface area contributed by atoms with Gasteiger partial charge in [0.15, 0.2) is 0 Å². The molecule has 2 aliphatic carbocycles. The van der Waals surface area contributed by atoms with Gasteiger partial charge in [0.25, 0.3) is 0 Å². The largest absolute Gasteiger partial charge is 0.415 e. The summed E-state index contributed by atoms with van der Waals surface area (Å²) in [5.41, 5.74) is 9.60. The Morgan fingerprint density at radius 3 is 2.48 bits per heavy atom. The van der Waals surface area contributed by atoms with Gasteiger partial charge in [-0.05, 0) is 87.2 Å². The van der Waals surface area contributed by atoms with Crippen LogP contribution in [0.5, 0.6) is 5.75 Å². The van der Waals surface area contributed by atoms with Crippen molar-refractivity contribution in [2.75, 3.05) is 26.2 Å². The summed E-state index contributed by atoms with van der Waals surface area (Å²) in [6.07, 6.45) is 14.5. The van der Waals surface area contributed by atoms with Crippen LogP contribution in [-0.2, 0) is 11.8 Å². The molecule has 2 bridgehead atoms.